The minimum Gasteiger partial charge on any atom is -0.402 e. The molecule has 0 aliphatic rings. The molecule has 0 aliphatic carbocycles. The fourth-order valence-electron chi connectivity index (χ4n) is 0.909. The summed E-state index contributed by atoms with van der Waals surface area (Å²) in [4.78, 5) is 0. The Bertz CT molecular complexity index is 400. The summed E-state index contributed by atoms with van der Waals surface area (Å²) in [5.41, 5.74) is 0. The van der Waals surface area contributed by atoms with E-state index in [0.29, 0.717) is 6.07 Å². The average molecular weight is 325 g/mol. The molecule has 1 aromatic carbocycles. The third kappa shape index (κ3) is 4.72. The zero-order chi connectivity index (χ0) is 13.3. The maximum absolute atomic E-state index is 12.0. The van der Waals surface area contributed by atoms with Crippen molar-refractivity contribution in [1.29, 1.82) is 0 Å². The van der Waals surface area contributed by atoms with Gasteiger partial charge in [-0.2, -0.15) is 0 Å². The molecule has 0 heterocycles. The van der Waals surface area contributed by atoms with Crippen molar-refractivity contribution >= 4 is 15.9 Å². The molecule has 0 radical (unpaired) electrons. The van der Waals surface area contributed by atoms with E-state index in [1.54, 1.807) is 0 Å². The second kappa shape index (κ2) is 4.63. The van der Waals surface area contributed by atoms with Crippen LogP contribution in [0.1, 0.15) is 0 Å². The highest BCUT2D eigenvalue weighted by Crippen LogP contribution is 2.40. The highest BCUT2D eigenvalue weighted by Gasteiger charge is 2.37. The number of alkyl halides is 6. The van der Waals surface area contributed by atoms with Gasteiger partial charge in [0.05, 0.1) is 4.47 Å². The lowest BCUT2D eigenvalue weighted by Crippen LogP contribution is -2.21. The number of para-hydroxylation sites is 1. The van der Waals surface area contributed by atoms with E-state index in [1.165, 1.54) is 0 Å². The van der Waals surface area contributed by atoms with Crippen molar-refractivity contribution in [3.8, 4) is 11.5 Å². The Kier molecular flexibility index (Phi) is 3.80. The van der Waals surface area contributed by atoms with Crippen molar-refractivity contribution in [2.45, 2.75) is 12.7 Å². The number of ether oxygens (including phenoxy) is 2. The number of halogens is 7. The van der Waals surface area contributed by atoms with Crippen molar-refractivity contribution in [2.75, 3.05) is 0 Å². The number of hydrogen-bond donors (Lipinski definition) is 0. The van der Waals surface area contributed by atoms with Gasteiger partial charge in [0.1, 0.15) is 0 Å². The first-order valence-electron chi connectivity index (χ1n) is 3.88. The Morgan fingerprint density at radius 3 is 1.88 bits per heavy atom. The Labute approximate surface area is 99.2 Å². The van der Waals surface area contributed by atoms with Gasteiger partial charge in [0.15, 0.2) is 11.5 Å². The predicted octanol–water partition coefficient (Wildman–Crippen LogP) is 4.25. The smallest absolute Gasteiger partial charge is 0.402 e. The highest BCUT2D eigenvalue weighted by molar-refractivity contribution is 9.10. The van der Waals surface area contributed by atoms with Gasteiger partial charge in [-0.05, 0) is 28.1 Å². The second-order valence-electron chi connectivity index (χ2n) is 2.66. The lowest BCUT2D eigenvalue weighted by atomic mass is 10.3. The van der Waals surface area contributed by atoms with Gasteiger partial charge in [-0.1, -0.05) is 6.07 Å². The molecule has 2 nitrogen and oxygen atoms in total. The van der Waals surface area contributed by atoms with Crippen LogP contribution in [0.5, 0.6) is 11.5 Å². The summed E-state index contributed by atoms with van der Waals surface area (Å²) >= 11 is 2.63. The summed E-state index contributed by atoms with van der Waals surface area (Å²) in [7, 11) is 0. The van der Waals surface area contributed by atoms with Gasteiger partial charge in [0, 0.05) is 0 Å². The maximum atomic E-state index is 12.0. The molecule has 0 bridgehead atoms. The van der Waals surface area contributed by atoms with Crippen LogP contribution in [-0.2, 0) is 0 Å². The zero-order valence-corrected chi connectivity index (χ0v) is 9.28. The van der Waals surface area contributed by atoms with Gasteiger partial charge < -0.3 is 9.47 Å². The molecule has 96 valence electrons. The molecule has 0 amide bonds. The van der Waals surface area contributed by atoms with Crippen molar-refractivity contribution in [2.24, 2.45) is 0 Å². The fraction of sp³-hybridized carbons (Fsp3) is 0.250. The molecule has 17 heavy (non-hydrogen) atoms. The van der Waals surface area contributed by atoms with Crippen LogP contribution >= 0.6 is 15.9 Å². The van der Waals surface area contributed by atoms with E-state index in [9.17, 15) is 26.3 Å². The van der Waals surface area contributed by atoms with Crippen molar-refractivity contribution in [1.82, 2.24) is 0 Å². The van der Waals surface area contributed by atoms with E-state index in [-0.39, 0.29) is 4.47 Å². The van der Waals surface area contributed by atoms with E-state index in [0.717, 1.165) is 12.1 Å². The number of hydrogen-bond acceptors (Lipinski definition) is 2. The van der Waals surface area contributed by atoms with Crippen LogP contribution in [0.3, 0.4) is 0 Å². The zero-order valence-electron chi connectivity index (χ0n) is 7.69. The van der Waals surface area contributed by atoms with Crippen LogP contribution < -0.4 is 9.47 Å². The number of benzene rings is 1. The molecule has 0 N–H and O–H groups in total. The summed E-state index contributed by atoms with van der Waals surface area (Å²) < 4.78 is 78.1. The molecule has 0 saturated carbocycles. The summed E-state index contributed by atoms with van der Waals surface area (Å²) in [6.07, 6.45) is -10.2. The first-order chi connectivity index (χ1) is 7.58. The van der Waals surface area contributed by atoms with Gasteiger partial charge in [-0.25, -0.2) is 0 Å². The van der Waals surface area contributed by atoms with Gasteiger partial charge >= 0.3 is 12.7 Å². The van der Waals surface area contributed by atoms with Crippen molar-refractivity contribution < 1.29 is 35.8 Å². The predicted molar refractivity (Wildman–Crippen MR) is 47.5 cm³/mol. The summed E-state index contributed by atoms with van der Waals surface area (Å²) in [5, 5.41) is 0. The van der Waals surface area contributed by atoms with Gasteiger partial charge in [0.2, 0.25) is 0 Å². The van der Waals surface area contributed by atoms with Crippen LogP contribution in [0.4, 0.5) is 26.3 Å². The van der Waals surface area contributed by atoms with Crippen molar-refractivity contribution in [3.05, 3.63) is 22.7 Å². The summed E-state index contributed by atoms with van der Waals surface area (Å²) in [5.74, 6) is -2.17. The molecule has 0 fully saturated rings. The first-order valence-corrected chi connectivity index (χ1v) is 4.68. The monoisotopic (exact) mass is 324 g/mol. The largest absolute Gasteiger partial charge is 0.573 e. The molecular formula is C8H3BrF6O2. The van der Waals surface area contributed by atoms with Gasteiger partial charge in [-0.15, -0.1) is 26.3 Å². The van der Waals surface area contributed by atoms with Crippen LogP contribution in [0.2, 0.25) is 0 Å². The molecular weight excluding hydrogens is 322 g/mol. The van der Waals surface area contributed by atoms with E-state index in [1.807, 2.05) is 0 Å². The molecule has 0 aromatic heterocycles. The van der Waals surface area contributed by atoms with Crippen molar-refractivity contribution in [3.63, 3.8) is 0 Å². The van der Waals surface area contributed by atoms with Gasteiger partial charge in [0.25, 0.3) is 0 Å². The second-order valence-corrected chi connectivity index (χ2v) is 3.52. The normalized spacial score (nSPS) is 12.4. The SMILES string of the molecule is FC(F)(F)Oc1cccc(Br)c1OC(F)(F)F. The summed E-state index contributed by atoms with van der Waals surface area (Å²) in [6, 6.07) is 2.87. The minimum atomic E-state index is -5.12. The topological polar surface area (TPSA) is 18.5 Å². The fourth-order valence-corrected chi connectivity index (χ4v) is 1.34. The molecule has 0 unspecified atom stereocenters. The van der Waals surface area contributed by atoms with Crippen LogP contribution in [0.25, 0.3) is 0 Å². The Hall–Kier alpha value is -1.12. The molecule has 1 aromatic rings. The van der Waals surface area contributed by atoms with E-state index >= 15 is 0 Å². The molecule has 0 atom stereocenters. The third-order valence-corrected chi connectivity index (χ3v) is 2.00. The van der Waals surface area contributed by atoms with Crippen LogP contribution in [0.15, 0.2) is 22.7 Å². The molecule has 9 heteroatoms. The van der Waals surface area contributed by atoms with E-state index in [4.69, 9.17) is 0 Å². The van der Waals surface area contributed by atoms with Crippen LogP contribution in [0, 0.1) is 0 Å². The van der Waals surface area contributed by atoms with Gasteiger partial charge in [-0.3, -0.25) is 0 Å². The molecule has 1 rings (SSSR count). The quantitative estimate of drug-likeness (QED) is 0.757. The van der Waals surface area contributed by atoms with E-state index in [2.05, 4.69) is 25.4 Å². The lowest BCUT2D eigenvalue weighted by Gasteiger charge is -2.16. The maximum Gasteiger partial charge on any atom is 0.573 e. The Morgan fingerprint density at radius 2 is 1.41 bits per heavy atom. The standard InChI is InChI=1S/C8H3BrF6O2/c9-4-2-1-3-5(16-7(10,11)12)6(4)17-8(13,14)15/h1-3H. The average Bonchev–Trinajstić information content (AvgIpc) is 2.07. The number of rotatable bonds is 2. The van der Waals surface area contributed by atoms with E-state index < -0.39 is 24.2 Å². The highest BCUT2D eigenvalue weighted by atomic mass is 79.9. The van der Waals surface area contributed by atoms with Crippen LogP contribution in [-0.4, -0.2) is 12.7 Å². The third-order valence-electron chi connectivity index (χ3n) is 1.37. The lowest BCUT2D eigenvalue weighted by molar-refractivity contribution is -0.287. The molecule has 0 spiro atoms. The molecule has 0 saturated heterocycles. The minimum absolute atomic E-state index is 0.309. The summed E-state index contributed by atoms with van der Waals surface area (Å²) in [6.45, 7) is 0. The molecule has 0 aliphatic heterocycles. The first kappa shape index (κ1) is 13.9. The Morgan fingerprint density at radius 1 is 0.882 bits per heavy atom. The Balaban J connectivity index is 3.09.